The number of pyridine rings is 1. The Balaban J connectivity index is 1.53. The predicted molar refractivity (Wildman–Crippen MR) is 156 cm³/mol. The lowest BCUT2D eigenvalue weighted by molar-refractivity contribution is -0.114. The topological polar surface area (TPSA) is 132 Å². The predicted octanol–water partition coefficient (Wildman–Crippen LogP) is 6.44. The smallest absolute Gasteiger partial charge is 0.324 e. The molecular weight excluding hydrogens is 529 g/mol. The van der Waals surface area contributed by atoms with Crippen molar-refractivity contribution in [2.75, 3.05) is 23.1 Å². The number of carbonyl (C=O) groups is 2. The number of urea groups is 1. The van der Waals surface area contributed by atoms with E-state index in [2.05, 4.69) is 37.7 Å². The van der Waals surface area contributed by atoms with Gasteiger partial charge in [-0.15, -0.1) is 0 Å². The summed E-state index contributed by atoms with van der Waals surface area (Å²) in [5.41, 5.74) is 1.24. The fourth-order valence-corrected chi connectivity index (χ4v) is 3.76. The molecule has 0 aliphatic carbocycles. The number of hydrogen-bond acceptors (Lipinski definition) is 7. The first-order valence-electron chi connectivity index (χ1n) is 12.5. The molecule has 0 bridgehead atoms. The summed E-state index contributed by atoms with van der Waals surface area (Å²) in [6, 6.07) is 13.8. The summed E-state index contributed by atoms with van der Waals surface area (Å²) in [6.07, 6.45) is 1.41. The number of carbonyl (C=O) groups excluding carboxylic acids is 2. The Hall–Kier alpha value is -5.26. The maximum absolute atomic E-state index is 15.0. The highest BCUT2D eigenvalue weighted by Crippen LogP contribution is 2.37. The lowest BCUT2D eigenvalue weighted by Gasteiger charge is -2.14. The number of aromatic nitrogens is 3. The number of anilines is 3. The monoisotopic (exact) mass is 559 g/mol. The van der Waals surface area contributed by atoms with E-state index in [0.29, 0.717) is 17.3 Å². The van der Waals surface area contributed by atoms with Crippen LogP contribution in [0.4, 0.5) is 32.2 Å². The van der Waals surface area contributed by atoms with Gasteiger partial charge in [0.1, 0.15) is 28.8 Å². The summed E-state index contributed by atoms with van der Waals surface area (Å²) in [7, 11) is 1.57. The highest BCUT2D eigenvalue weighted by Gasteiger charge is 2.22. The van der Waals surface area contributed by atoms with Crippen molar-refractivity contribution in [1.82, 2.24) is 14.8 Å². The van der Waals surface area contributed by atoms with Crippen molar-refractivity contribution in [3.05, 3.63) is 72.3 Å². The number of benzene rings is 2. The van der Waals surface area contributed by atoms with Crippen LogP contribution >= 0.6 is 0 Å². The van der Waals surface area contributed by atoms with Crippen LogP contribution in [0, 0.1) is 5.82 Å². The number of halogens is 1. The van der Waals surface area contributed by atoms with E-state index in [0.717, 1.165) is 11.8 Å². The van der Waals surface area contributed by atoms with E-state index < -0.39 is 11.8 Å². The van der Waals surface area contributed by atoms with Gasteiger partial charge in [-0.05, 0) is 31.0 Å². The highest BCUT2D eigenvalue weighted by atomic mass is 19.1. The number of nitrogens with one attached hydrogen (secondary N) is 3. The van der Waals surface area contributed by atoms with Gasteiger partial charge in [-0.3, -0.25) is 15.1 Å². The molecule has 12 heteroatoms. The molecule has 4 rings (SSSR count). The van der Waals surface area contributed by atoms with Crippen LogP contribution in [0.2, 0.25) is 0 Å². The molecule has 0 fully saturated rings. The van der Waals surface area contributed by atoms with Crippen molar-refractivity contribution in [3.63, 3.8) is 0 Å². The Bertz CT molecular complexity index is 1610. The average molecular weight is 560 g/mol. The van der Waals surface area contributed by atoms with Crippen molar-refractivity contribution in [3.8, 4) is 22.9 Å². The number of hydrogen-bond donors (Lipinski definition) is 3. The molecule has 0 unspecified atom stereocenters. The van der Waals surface area contributed by atoms with E-state index in [9.17, 15) is 9.59 Å². The van der Waals surface area contributed by atoms with E-state index in [1.807, 2.05) is 32.9 Å². The number of rotatable bonds is 8. The molecule has 11 nitrogen and oxygen atoms in total. The van der Waals surface area contributed by atoms with E-state index >= 15 is 4.39 Å². The largest absolute Gasteiger partial charge is 0.497 e. The molecule has 0 saturated heterocycles. The van der Waals surface area contributed by atoms with E-state index in [1.54, 1.807) is 30.0 Å². The van der Waals surface area contributed by atoms with Gasteiger partial charge < -0.3 is 20.1 Å². The second-order valence-corrected chi connectivity index (χ2v) is 9.95. The van der Waals surface area contributed by atoms with Crippen LogP contribution in [0.5, 0.6) is 17.2 Å². The third kappa shape index (κ3) is 6.85. The molecule has 0 radical (unpaired) electrons. The van der Waals surface area contributed by atoms with Gasteiger partial charge in [0.05, 0.1) is 24.2 Å². The summed E-state index contributed by atoms with van der Waals surface area (Å²) < 4.78 is 27.7. The van der Waals surface area contributed by atoms with E-state index in [-0.39, 0.29) is 40.0 Å². The van der Waals surface area contributed by atoms with Crippen molar-refractivity contribution in [2.45, 2.75) is 33.1 Å². The van der Waals surface area contributed by atoms with Crippen molar-refractivity contribution in [2.24, 2.45) is 4.99 Å². The third-order valence-corrected chi connectivity index (χ3v) is 5.77. The van der Waals surface area contributed by atoms with Gasteiger partial charge in [-0.2, -0.15) is 5.10 Å². The molecule has 212 valence electrons. The first-order valence-corrected chi connectivity index (χ1v) is 12.5. The first-order chi connectivity index (χ1) is 19.5. The Morgan fingerprint density at radius 2 is 1.80 bits per heavy atom. The summed E-state index contributed by atoms with van der Waals surface area (Å²) in [4.78, 5) is 32.3. The van der Waals surface area contributed by atoms with Crippen LogP contribution in [0.3, 0.4) is 0 Å². The molecule has 2 aromatic carbocycles. The molecule has 0 saturated carbocycles. The second kappa shape index (κ2) is 11.9. The van der Waals surface area contributed by atoms with Crippen LogP contribution in [-0.2, 0) is 10.2 Å². The number of methoxy groups -OCH3 is 1. The fourth-order valence-electron chi connectivity index (χ4n) is 3.76. The quantitative estimate of drug-likeness (QED) is 0.213. The zero-order valence-corrected chi connectivity index (χ0v) is 23.3. The lowest BCUT2D eigenvalue weighted by Crippen LogP contribution is -2.22. The molecule has 0 spiro atoms. The number of amides is 3. The number of nitrogens with zero attached hydrogens (tertiary/aromatic N) is 4. The minimum atomic E-state index is -0.737. The molecule has 3 N–H and O–H groups in total. The van der Waals surface area contributed by atoms with Crippen LogP contribution in [-0.4, -0.2) is 40.5 Å². The standard InChI is InChI=1S/C29H30FN7O4/c1-17(38)33-27-26(31-5)23(12-13-32-27)41-20-10-11-22(21(30)15-20)34-28(39)35-25-16-24(29(2,3)4)36-37(25)18-8-7-9-19(14-18)40-6/h7-16H,5H2,1-4,6H3,(H,32,33,38)(H2,34,35,39). The molecule has 0 atom stereocenters. The minimum absolute atomic E-state index is 0.0749. The van der Waals surface area contributed by atoms with Gasteiger partial charge in [0.2, 0.25) is 5.91 Å². The van der Waals surface area contributed by atoms with Crippen LogP contribution in [0.15, 0.2) is 65.8 Å². The molecule has 0 aliphatic rings. The van der Waals surface area contributed by atoms with Crippen molar-refractivity contribution >= 4 is 41.7 Å². The van der Waals surface area contributed by atoms with E-state index in [1.165, 1.54) is 31.3 Å². The zero-order valence-electron chi connectivity index (χ0n) is 23.3. The number of ether oxygens (including phenoxy) is 2. The van der Waals surface area contributed by atoms with Gasteiger partial charge >= 0.3 is 6.03 Å². The molecule has 3 amide bonds. The van der Waals surface area contributed by atoms with Crippen molar-refractivity contribution < 1.29 is 23.5 Å². The summed E-state index contributed by atoms with van der Waals surface area (Å²) in [5.74, 6) is 0.422. The fraction of sp³-hybridized carbons (Fsp3) is 0.207. The summed E-state index contributed by atoms with van der Waals surface area (Å²) >= 11 is 0. The van der Waals surface area contributed by atoms with Crippen LogP contribution in [0.25, 0.3) is 5.69 Å². The van der Waals surface area contributed by atoms with Gasteiger partial charge in [0.15, 0.2) is 11.6 Å². The molecule has 4 aromatic rings. The van der Waals surface area contributed by atoms with Gasteiger partial charge in [0, 0.05) is 42.8 Å². The van der Waals surface area contributed by atoms with Gasteiger partial charge in [-0.25, -0.2) is 18.9 Å². The molecule has 2 heterocycles. The Morgan fingerprint density at radius 1 is 1.02 bits per heavy atom. The van der Waals surface area contributed by atoms with Gasteiger partial charge in [-0.1, -0.05) is 26.8 Å². The molecule has 2 aromatic heterocycles. The highest BCUT2D eigenvalue weighted by molar-refractivity contribution is 5.99. The number of aliphatic imine (C=N–C) groups is 1. The van der Waals surface area contributed by atoms with Crippen LogP contribution < -0.4 is 25.4 Å². The van der Waals surface area contributed by atoms with E-state index in [4.69, 9.17) is 9.47 Å². The lowest BCUT2D eigenvalue weighted by atomic mass is 9.92. The Morgan fingerprint density at radius 3 is 2.46 bits per heavy atom. The maximum Gasteiger partial charge on any atom is 0.324 e. The zero-order chi connectivity index (χ0) is 29.7. The van der Waals surface area contributed by atoms with Crippen LogP contribution in [0.1, 0.15) is 33.4 Å². The maximum atomic E-state index is 15.0. The normalized spacial score (nSPS) is 11.0. The molecule has 41 heavy (non-hydrogen) atoms. The third-order valence-electron chi connectivity index (χ3n) is 5.77. The average Bonchev–Trinajstić information content (AvgIpc) is 3.34. The SMILES string of the molecule is C=Nc1c(Oc2ccc(NC(=O)Nc3cc(C(C)(C)C)nn3-c3cccc(OC)c3)c(F)c2)ccnc1NC(C)=O. The first kappa shape index (κ1) is 28.7. The molecule has 0 aliphatic heterocycles. The Kier molecular flexibility index (Phi) is 8.32. The Labute approximate surface area is 236 Å². The minimum Gasteiger partial charge on any atom is -0.497 e. The van der Waals surface area contributed by atoms with Crippen molar-refractivity contribution in [1.29, 1.82) is 0 Å². The summed E-state index contributed by atoms with van der Waals surface area (Å²) in [5, 5.41) is 12.5. The second-order valence-electron chi connectivity index (χ2n) is 9.95. The van der Waals surface area contributed by atoms with Gasteiger partial charge in [0.25, 0.3) is 0 Å². The molecular formula is C29H30FN7O4. The summed E-state index contributed by atoms with van der Waals surface area (Å²) in [6.45, 7) is 10.8.